The van der Waals surface area contributed by atoms with Crippen LogP contribution < -0.4 is 5.32 Å². The van der Waals surface area contributed by atoms with Gasteiger partial charge in [0.05, 0.1) is 17.6 Å². The largest absolute Gasteiger partial charge is 0.416 e. The van der Waals surface area contributed by atoms with Gasteiger partial charge in [-0.3, -0.25) is 10.3 Å². The summed E-state index contributed by atoms with van der Waals surface area (Å²) < 4.78 is 39.9. The van der Waals surface area contributed by atoms with Gasteiger partial charge in [-0.05, 0) is 36.9 Å². The van der Waals surface area contributed by atoms with Gasteiger partial charge in [-0.25, -0.2) is 4.98 Å². The van der Waals surface area contributed by atoms with Crippen LogP contribution in [0, 0.1) is 11.5 Å². The van der Waals surface area contributed by atoms with E-state index in [2.05, 4.69) is 15.3 Å². The average Bonchev–Trinajstić information content (AvgIpc) is 3.21. The molecule has 0 aliphatic carbocycles. The molecule has 0 radical (unpaired) electrons. The number of likely N-dealkylation sites (N-methyl/N-ethyl adjacent to an activating group) is 1. The van der Waals surface area contributed by atoms with Crippen LogP contribution >= 0.6 is 0 Å². The van der Waals surface area contributed by atoms with Crippen molar-refractivity contribution in [1.29, 1.82) is 5.26 Å². The predicted molar refractivity (Wildman–Crippen MR) is 107 cm³/mol. The molecular formula is C21H21F3N6O. The number of aromatic nitrogens is 3. The summed E-state index contributed by atoms with van der Waals surface area (Å²) in [6.07, 6.45) is 1.26. The molecule has 2 N–H and O–H groups in total. The molecule has 0 aliphatic heterocycles. The van der Waals surface area contributed by atoms with E-state index in [4.69, 9.17) is 5.26 Å². The Kier molecular flexibility index (Phi) is 6.89. The zero-order valence-corrected chi connectivity index (χ0v) is 16.7. The second-order valence-electron chi connectivity index (χ2n) is 7.06. The molecular weight excluding hydrogens is 409 g/mol. The molecule has 1 atom stereocenters. The monoisotopic (exact) mass is 430 g/mol. The first-order chi connectivity index (χ1) is 14.8. The highest BCUT2D eigenvalue weighted by Crippen LogP contribution is 2.29. The first-order valence-corrected chi connectivity index (χ1v) is 9.41. The van der Waals surface area contributed by atoms with Crippen molar-refractivity contribution in [2.75, 3.05) is 13.6 Å². The lowest BCUT2D eigenvalue weighted by atomic mass is 10.1. The molecule has 2 heterocycles. The quantitative estimate of drug-likeness (QED) is 0.324. The SMILES string of the molecule is CN(CCn1cnc(-c2cc(C(O)NC#N)ccn2)c1)Cc1ccc(C(F)(F)F)cc1. The van der Waals surface area contributed by atoms with Crippen molar-refractivity contribution in [1.82, 2.24) is 24.8 Å². The summed E-state index contributed by atoms with van der Waals surface area (Å²) >= 11 is 0. The second kappa shape index (κ2) is 9.59. The normalized spacial score (nSPS) is 12.5. The lowest BCUT2D eigenvalue weighted by Gasteiger charge is -2.17. The Morgan fingerprint density at radius 3 is 2.61 bits per heavy atom. The molecule has 1 unspecified atom stereocenters. The molecule has 1 aromatic carbocycles. The highest BCUT2D eigenvalue weighted by atomic mass is 19.4. The first-order valence-electron chi connectivity index (χ1n) is 9.41. The van der Waals surface area contributed by atoms with Gasteiger partial charge in [0.25, 0.3) is 0 Å². The van der Waals surface area contributed by atoms with E-state index < -0.39 is 18.0 Å². The molecule has 0 spiro atoms. The topological polar surface area (TPSA) is 90.0 Å². The number of halogens is 3. The van der Waals surface area contributed by atoms with Gasteiger partial charge in [0.2, 0.25) is 0 Å². The number of aliphatic hydroxyl groups excluding tert-OH is 1. The lowest BCUT2D eigenvalue weighted by Crippen LogP contribution is -2.22. The molecule has 0 saturated heterocycles. The minimum absolute atomic E-state index is 0.498. The maximum Gasteiger partial charge on any atom is 0.416 e. The fourth-order valence-electron chi connectivity index (χ4n) is 2.99. The van der Waals surface area contributed by atoms with Gasteiger partial charge < -0.3 is 14.6 Å². The molecule has 2 aromatic heterocycles. The number of nitrogens with one attached hydrogen (secondary N) is 1. The first kappa shape index (κ1) is 22.3. The Labute approximate surface area is 177 Å². The Morgan fingerprint density at radius 2 is 1.94 bits per heavy atom. The third kappa shape index (κ3) is 6.04. The summed E-state index contributed by atoms with van der Waals surface area (Å²) in [5.41, 5.74) is 1.83. The van der Waals surface area contributed by atoms with Crippen LogP contribution in [0.2, 0.25) is 0 Å². The number of aliphatic hydroxyl groups is 1. The number of hydrogen-bond donors (Lipinski definition) is 2. The Bertz CT molecular complexity index is 1040. The van der Waals surface area contributed by atoms with Crippen molar-refractivity contribution in [3.8, 4) is 17.6 Å². The zero-order valence-electron chi connectivity index (χ0n) is 16.7. The minimum Gasteiger partial charge on any atom is -0.369 e. The molecule has 0 saturated carbocycles. The minimum atomic E-state index is -4.33. The van der Waals surface area contributed by atoms with Crippen molar-refractivity contribution >= 4 is 0 Å². The average molecular weight is 430 g/mol. The van der Waals surface area contributed by atoms with Crippen LogP contribution in [0.25, 0.3) is 11.4 Å². The van der Waals surface area contributed by atoms with Gasteiger partial charge in [-0.2, -0.15) is 18.4 Å². The molecule has 31 heavy (non-hydrogen) atoms. The van der Waals surface area contributed by atoms with E-state index in [-0.39, 0.29) is 0 Å². The van der Waals surface area contributed by atoms with Crippen LogP contribution in [-0.2, 0) is 19.3 Å². The third-order valence-corrected chi connectivity index (χ3v) is 4.67. The highest BCUT2D eigenvalue weighted by Gasteiger charge is 2.29. The zero-order chi connectivity index (χ0) is 22.4. The molecule has 3 rings (SSSR count). The second-order valence-corrected chi connectivity index (χ2v) is 7.06. The standard InChI is InChI=1S/C21H21F3N6O/c1-29(11-15-2-4-17(5-3-15)21(22,23)24)8-9-30-12-19(28-14-30)18-10-16(6-7-26-18)20(31)27-13-25/h2-7,10,12,14,20,27,31H,8-9,11H2,1H3. The van der Waals surface area contributed by atoms with Crippen LogP contribution in [-0.4, -0.2) is 38.1 Å². The van der Waals surface area contributed by atoms with Crippen LogP contribution in [0.4, 0.5) is 13.2 Å². The maximum absolute atomic E-state index is 12.7. The summed E-state index contributed by atoms with van der Waals surface area (Å²) in [7, 11) is 1.89. The lowest BCUT2D eigenvalue weighted by molar-refractivity contribution is -0.137. The van der Waals surface area contributed by atoms with E-state index in [0.717, 1.165) is 17.7 Å². The molecule has 0 aliphatic rings. The van der Waals surface area contributed by atoms with Crippen LogP contribution in [0.5, 0.6) is 0 Å². The Balaban J connectivity index is 1.57. The van der Waals surface area contributed by atoms with Crippen molar-refractivity contribution < 1.29 is 18.3 Å². The molecule has 162 valence electrons. The van der Waals surface area contributed by atoms with Gasteiger partial charge in [0, 0.05) is 37.6 Å². The summed E-state index contributed by atoms with van der Waals surface area (Å²) in [4.78, 5) is 10.6. The molecule has 0 fully saturated rings. The molecule has 3 aromatic rings. The van der Waals surface area contributed by atoms with Gasteiger partial charge in [0.15, 0.2) is 12.4 Å². The number of alkyl halides is 3. The third-order valence-electron chi connectivity index (χ3n) is 4.67. The Hall–Kier alpha value is -3.42. The maximum atomic E-state index is 12.7. The Morgan fingerprint density at radius 1 is 1.19 bits per heavy atom. The summed E-state index contributed by atoms with van der Waals surface area (Å²) in [6, 6.07) is 8.42. The van der Waals surface area contributed by atoms with Crippen molar-refractivity contribution in [3.05, 3.63) is 71.8 Å². The van der Waals surface area contributed by atoms with Crippen molar-refractivity contribution in [2.45, 2.75) is 25.5 Å². The van der Waals surface area contributed by atoms with E-state index in [9.17, 15) is 18.3 Å². The van der Waals surface area contributed by atoms with Gasteiger partial charge in [-0.1, -0.05) is 12.1 Å². The number of hydrogen-bond acceptors (Lipinski definition) is 6. The van der Waals surface area contributed by atoms with E-state index in [1.54, 1.807) is 24.7 Å². The fraction of sp³-hybridized carbons (Fsp3) is 0.286. The van der Waals surface area contributed by atoms with E-state index in [1.165, 1.54) is 18.3 Å². The van der Waals surface area contributed by atoms with E-state index >= 15 is 0 Å². The molecule has 7 nitrogen and oxygen atoms in total. The van der Waals surface area contributed by atoms with Crippen LogP contribution in [0.15, 0.2) is 55.1 Å². The predicted octanol–water partition coefficient (Wildman–Crippen LogP) is 3.16. The number of nitriles is 1. The van der Waals surface area contributed by atoms with Gasteiger partial charge in [-0.15, -0.1) is 0 Å². The smallest absolute Gasteiger partial charge is 0.369 e. The molecule has 10 heteroatoms. The van der Waals surface area contributed by atoms with Gasteiger partial charge in [0.1, 0.15) is 5.69 Å². The molecule has 0 amide bonds. The highest BCUT2D eigenvalue weighted by molar-refractivity contribution is 5.53. The molecule has 0 bridgehead atoms. The van der Waals surface area contributed by atoms with Crippen LogP contribution in [0.3, 0.4) is 0 Å². The number of imidazole rings is 1. The summed E-state index contributed by atoms with van der Waals surface area (Å²) in [6.45, 7) is 1.81. The summed E-state index contributed by atoms with van der Waals surface area (Å²) in [5, 5.41) is 20.8. The van der Waals surface area contributed by atoms with E-state index in [0.29, 0.717) is 36.6 Å². The number of nitrogens with zero attached hydrogens (tertiary/aromatic N) is 5. The van der Waals surface area contributed by atoms with Gasteiger partial charge >= 0.3 is 6.18 Å². The van der Waals surface area contributed by atoms with E-state index in [1.807, 2.05) is 22.7 Å². The fourth-order valence-corrected chi connectivity index (χ4v) is 2.99. The summed E-state index contributed by atoms with van der Waals surface area (Å²) in [5.74, 6) is 0. The number of rotatable bonds is 8. The number of pyridine rings is 1. The number of benzene rings is 1. The van der Waals surface area contributed by atoms with Crippen LogP contribution in [0.1, 0.15) is 22.9 Å². The van der Waals surface area contributed by atoms with Crippen molar-refractivity contribution in [3.63, 3.8) is 0 Å². The van der Waals surface area contributed by atoms with Crippen molar-refractivity contribution in [2.24, 2.45) is 0 Å².